The number of nitrogens with two attached hydrogens (primary N) is 1. The second-order valence-corrected chi connectivity index (χ2v) is 4.64. The lowest BCUT2D eigenvalue weighted by Gasteiger charge is -2.01. The molecule has 0 saturated carbocycles. The van der Waals surface area contributed by atoms with Crippen molar-refractivity contribution in [1.82, 2.24) is 4.98 Å². The molecular formula is C14H10FN3OS. The maximum absolute atomic E-state index is 13.2. The van der Waals surface area contributed by atoms with E-state index < -0.39 is 0 Å². The lowest BCUT2D eigenvalue weighted by molar-refractivity contribution is 0.611. The van der Waals surface area contributed by atoms with Crippen LogP contribution in [0.4, 0.5) is 10.1 Å². The molecule has 3 aromatic rings. The molecule has 0 unspecified atom stereocenters. The topological polar surface area (TPSA) is 64.1 Å². The number of aromatic nitrogens is 1. The Morgan fingerprint density at radius 2 is 2.10 bits per heavy atom. The molecule has 2 aromatic carbocycles. The van der Waals surface area contributed by atoms with Gasteiger partial charge >= 0.3 is 0 Å². The van der Waals surface area contributed by atoms with E-state index in [1.54, 1.807) is 30.3 Å². The number of benzene rings is 2. The molecule has 0 spiro atoms. The number of nitrogens with zero attached hydrogens (tertiary/aromatic N) is 1. The molecule has 1 aromatic heterocycles. The van der Waals surface area contributed by atoms with Gasteiger partial charge in [-0.25, -0.2) is 9.37 Å². The Bertz CT molecular complexity index is 800. The van der Waals surface area contributed by atoms with Gasteiger partial charge in [0.25, 0.3) is 0 Å². The fourth-order valence-corrected chi connectivity index (χ4v) is 2.01. The Labute approximate surface area is 119 Å². The number of hydrogen-bond acceptors (Lipinski definition) is 3. The van der Waals surface area contributed by atoms with Gasteiger partial charge in [-0.2, -0.15) is 0 Å². The molecule has 0 bridgehead atoms. The lowest BCUT2D eigenvalue weighted by Crippen LogP contribution is -2.18. The molecular weight excluding hydrogens is 277 g/mol. The zero-order chi connectivity index (χ0) is 14.1. The Kier molecular flexibility index (Phi) is 3.08. The van der Waals surface area contributed by atoms with Gasteiger partial charge < -0.3 is 15.5 Å². The Morgan fingerprint density at radius 3 is 2.85 bits per heavy atom. The van der Waals surface area contributed by atoms with Crippen molar-refractivity contribution in [3.8, 4) is 11.5 Å². The molecule has 0 fully saturated rings. The van der Waals surface area contributed by atoms with Gasteiger partial charge in [0, 0.05) is 11.3 Å². The smallest absolute Gasteiger partial charge is 0.227 e. The van der Waals surface area contributed by atoms with Crippen LogP contribution in [-0.2, 0) is 0 Å². The minimum Gasteiger partial charge on any atom is -0.436 e. The zero-order valence-corrected chi connectivity index (χ0v) is 11.1. The first-order valence-corrected chi connectivity index (χ1v) is 6.25. The van der Waals surface area contributed by atoms with Gasteiger partial charge in [-0.05, 0) is 48.6 Å². The third-order valence-corrected chi connectivity index (χ3v) is 2.83. The second-order valence-electron chi connectivity index (χ2n) is 4.20. The predicted molar refractivity (Wildman–Crippen MR) is 79.8 cm³/mol. The standard InChI is InChI=1S/C14H10FN3OS/c15-9-3-1-2-8(6-9)13-18-11-7-10(17-14(16)20)4-5-12(11)19-13/h1-7H,(H3,16,17,20). The third kappa shape index (κ3) is 2.46. The first-order valence-electron chi connectivity index (χ1n) is 5.85. The first-order chi connectivity index (χ1) is 9.61. The van der Waals surface area contributed by atoms with Crippen molar-refractivity contribution in [2.45, 2.75) is 0 Å². The molecule has 6 heteroatoms. The molecule has 100 valence electrons. The van der Waals surface area contributed by atoms with Crippen LogP contribution in [0.3, 0.4) is 0 Å². The van der Waals surface area contributed by atoms with Crippen molar-refractivity contribution in [3.63, 3.8) is 0 Å². The number of thiocarbonyl (C=S) groups is 1. The van der Waals surface area contributed by atoms with Gasteiger partial charge in [0.2, 0.25) is 5.89 Å². The first kappa shape index (κ1) is 12.6. The van der Waals surface area contributed by atoms with Crippen molar-refractivity contribution in [3.05, 3.63) is 48.3 Å². The summed E-state index contributed by atoms with van der Waals surface area (Å²) in [6, 6.07) is 11.4. The summed E-state index contributed by atoms with van der Waals surface area (Å²) in [5, 5.41) is 3.00. The van der Waals surface area contributed by atoms with Crippen molar-refractivity contribution >= 4 is 34.1 Å². The maximum atomic E-state index is 13.2. The van der Waals surface area contributed by atoms with E-state index in [1.807, 2.05) is 0 Å². The van der Waals surface area contributed by atoms with Gasteiger partial charge in [-0.1, -0.05) is 6.07 Å². The van der Waals surface area contributed by atoms with Gasteiger partial charge in [0.15, 0.2) is 10.7 Å². The third-order valence-electron chi connectivity index (χ3n) is 2.73. The maximum Gasteiger partial charge on any atom is 0.227 e. The van der Waals surface area contributed by atoms with E-state index >= 15 is 0 Å². The van der Waals surface area contributed by atoms with Gasteiger partial charge in [-0.3, -0.25) is 0 Å². The monoisotopic (exact) mass is 287 g/mol. The molecule has 0 atom stereocenters. The number of halogens is 1. The molecule has 3 rings (SSSR count). The van der Waals surface area contributed by atoms with E-state index in [0.717, 1.165) is 5.69 Å². The van der Waals surface area contributed by atoms with E-state index in [0.29, 0.717) is 22.6 Å². The summed E-state index contributed by atoms with van der Waals surface area (Å²) >= 11 is 4.78. The van der Waals surface area contributed by atoms with Gasteiger partial charge in [0.05, 0.1) is 0 Å². The molecule has 0 aliphatic heterocycles. The van der Waals surface area contributed by atoms with Crippen LogP contribution in [0.5, 0.6) is 0 Å². The summed E-state index contributed by atoms with van der Waals surface area (Å²) in [6.45, 7) is 0. The summed E-state index contributed by atoms with van der Waals surface area (Å²) in [5.41, 5.74) is 7.98. The van der Waals surface area contributed by atoms with Gasteiger partial charge in [-0.15, -0.1) is 0 Å². The number of anilines is 1. The Hall–Kier alpha value is -2.47. The lowest BCUT2D eigenvalue weighted by atomic mass is 10.2. The van der Waals surface area contributed by atoms with Crippen LogP contribution in [0.15, 0.2) is 46.9 Å². The number of fused-ring (bicyclic) bond motifs is 1. The Balaban J connectivity index is 2.04. The summed E-state index contributed by atoms with van der Waals surface area (Å²) in [5.74, 6) is 0.0348. The highest BCUT2D eigenvalue weighted by molar-refractivity contribution is 7.80. The predicted octanol–water partition coefficient (Wildman–Crippen LogP) is 3.29. The minimum absolute atomic E-state index is 0.179. The number of hydrogen-bond donors (Lipinski definition) is 2. The highest BCUT2D eigenvalue weighted by atomic mass is 32.1. The van der Waals surface area contributed by atoms with Crippen molar-refractivity contribution in [2.24, 2.45) is 5.73 Å². The van der Waals surface area contributed by atoms with Crippen LogP contribution >= 0.6 is 12.2 Å². The van der Waals surface area contributed by atoms with Crippen LogP contribution in [0, 0.1) is 5.82 Å². The van der Waals surface area contributed by atoms with E-state index in [9.17, 15) is 4.39 Å². The summed E-state index contributed by atoms with van der Waals surface area (Å²) in [4.78, 5) is 4.33. The fraction of sp³-hybridized carbons (Fsp3) is 0. The number of rotatable bonds is 2. The van der Waals surface area contributed by atoms with E-state index in [-0.39, 0.29) is 10.9 Å². The zero-order valence-electron chi connectivity index (χ0n) is 10.3. The van der Waals surface area contributed by atoms with Gasteiger partial charge in [0.1, 0.15) is 11.3 Å². The molecule has 0 saturated heterocycles. The van der Waals surface area contributed by atoms with Crippen LogP contribution in [0.25, 0.3) is 22.6 Å². The molecule has 0 aliphatic rings. The van der Waals surface area contributed by atoms with E-state index in [4.69, 9.17) is 22.4 Å². The minimum atomic E-state index is -0.333. The Morgan fingerprint density at radius 1 is 1.25 bits per heavy atom. The summed E-state index contributed by atoms with van der Waals surface area (Å²) in [7, 11) is 0. The van der Waals surface area contributed by atoms with Crippen LogP contribution < -0.4 is 11.1 Å². The largest absolute Gasteiger partial charge is 0.436 e. The van der Waals surface area contributed by atoms with Crippen molar-refractivity contribution in [2.75, 3.05) is 5.32 Å². The summed E-state index contributed by atoms with van der Waals surface area (Å²) in [6.07, 6.45) is 0. The molecule has 3 N–H and O–H groups in total. The number of oxazole rings is 1. The molecule has 0 radical (unpaired) electrons. The fourth-order valence-electron chi connectivity index (χ4n) is 1.89. The average molecular weight is 287 g/mol. The summed E-state index contributed by atoms with van der Waals surface area (Å²) < 4.78 is 18.8. The molecule has 20 heavy (non-hydrogen) atoms. The van der Waals surface area contributed by atoms with E-state index in [1.165, 1.54) is 12.1 Å². The van der Waals surface area contributed by atoms with Crippen LogP contribution in [-0.4, -0.2) is 10.1 Å². The molecule has 0 aliphatic carbocycles. The average Bonchev–Trinajstić information content (AvgIpc) is 2.81. The molecule has 1 heterocycles. The van der Waals surface area contributed by atoms with E-state index in [2.05, 4.69) is 10.3 Å². The normalized spacial score (nSPS) is 10.7. The number of nitrogens with one attached hydrogen (secondary N) is 1. The highest BCUT2D eigenvalue weighted by Crippen LogP contribution is 2.26. The van der Waals surface area contributed by atoms with Crippen LogP contribution in [0.2, 0.25) is 0 Å². The quantitative estimate of drug-likeness (QED) is 0.708. The molecule has 4 nitrogen and oxygen atoms in total. The van der Waals surface area contributed by atoms with Crippen molar-refractivity contribution < 1.29 is 8.81 Å². The van der Waals surface area contributed by atoms with Crippen LogP contribution in [0.1, 0.15) is 0 Å². The second kappa shape index (κ2) is 4.90. The highest BCUT2D eigenvalue weighted by Gasteiger charge is 2.09. The van der Waals surface area contributed by atoms with Crippen molar-refractivity contribution in [1.29, 1.82) is 0 Å². The molecule has 0 amide bonds. The SMILES string of the molecule is NC(=S)Nc1ccc2oc(-c3cccc(F)c3)nc2c1.